The third kappa shape index (κ3) is 2.37. The minimum atomic E-state index is 0.102. The molecular weight excluding hydrogens is 166 g/mol. The van der Waals surface area contributed by atoms with Crippen LogP contribution in [0.15, 0.2) is 6.20 Å². The molecule has 1 heterocycles. The molecule has 0 radical (unpaired) electrons. The van der Waals surface area contributed by atoms with Gasteiger partial charge in [-0.2, -0.15) is 0 Å². The fourth-order valence-electron chi connectivity index (χ4n) is 1.14. The molecule has 0 spiro atoms. The normalized spacial score (nSPS) is 10.8. The maximum absolute atomic E-state index is 11.4. The van der Waals surface area contributed by atoms with Gasteiger partial charge in [0.25, 0.3) is 0 Å². The van der Waals surface area contributed by atoms with Crippen LogP contribution < -0.4 is 0 Å². The lowest BCUT2D eigenvalue weighted by molar-refractivity contribution is 0.0977. The summed E-state index contributed by atoms with van der Waals surface area (Å²) >= 11 is 0. The largest absolute Gasteiger partial charge is 0.292 e. The van der Waals surface area contributed by atoms with Crippen molar-refractivity contribution in [2.45, 2.75) is 33.7 Å². The molecule has 0 saturated carbocycles. The Morgan fingerprint density at radius 3 is 2.85 bits per heavy atom. The first kappa shape index (κ1) is 9.89. The lowest BCUT2D eigenvalue weighted by atomic mass is 10.2. The summed E-state index contributed by atoms with van der Waals surface area (Å²) in [6.45, 7) is 6.76. The van der Waals surface area contributed by atoms with Gasteiger partial charge in [0.1, 0.15) is 5.69 Å². The third-order valence-electron chi connectivity index (χ3n) is 1.76. The molecule has 1 aromatic heterocycles. The molecule has 0 N–H and O–H groups in total. The van der Waals surface area contributed by atoms with Crippen molar-refractivity contribution < 1.29 is 4.79 Å². The summed E-state index contributed by atoms with van der Waals surface area (Å²) in [6, 6.07) is 0. The van der Waals surface area contributed by atoms with Gasteiger partial charge in [0.15, 0.2) is 5.78 Å². The van der Waals surface area contributed by atoms with Crippen molar-refractivity contribution in [3.8, 4) is 0 Å². The second-order valence-electron chi connectivity index (χ2n) is 3.47. The van der Waals surface area contributed by atoms with Crippen LogP contribution in [0.5, 0.6) is 0 Å². The highest BCUT2D eigenvalue weighted by Crippen LogP contribution is 2.04. The molecule has 1 aromatic rings. The zero-order valence-corrected chi connectivity index (χ0v) is 8.32. The van der Waals surface area contributed by atoms with E-state index in [1.54, 1.807) is 4.68 Å². The Balaban J connectivity index is 2.83. The molecule has 0 aliphatic rings. The first-order chi connectivity index (χ1) is 6.15. The minimum Gasteiger partial charge on any atom is -0.292 e. The van der Waals surface area contributed by atoms with E-state index < -0.39 is 0 Å². The highest BCUT2D eigenvalue weighted by atomic mass is 16.1. The second-order valence-corrected chi connectivity index (χ2v) is 3.47. The molecule has 4 nitrogen and oxygen atoms in total. The van der Waals surface area contributed by atoms with Gasteiger partial charge in [0.05, 0.1) is 6.20 Å². The molecule has 0 unspecified atom stereocenters. The standard InChI is InChI=1S/C9H15N3O/c1-4-9(13)8-5-10-11-12(8)6-7(2)3/h5,7H,4,6H2,1-3H3. The van der Waals surface area contributed by atoms with Gasteiger partial charge in [-0.15, -0.1) is 5.10 Å². The number of carbonyl (C=O) groups is 1. The summed E-state index contributed by atoms with van der Waals surface area (Å²) in [4.78, 5) is 11.4. The van der Waals surface area contributed by atoms with E-state index in [1.807, 2.05) is 6.92 Å². The van der Waals surface area contributed by atoms with Crippen molar-refractivity contribution in [2.75, 3.05) is 0 Å². The fourth-order valence-corrected chi connectivity index (χ4v) is 1.14. The minimum absolute atomic E-state index is 0.102. The summed E-state index contributed by atoms with van der Waals surface area (Å²) in [6.07, 6.45) is 2.04. The monoisotopic (exact) mass is 181 g/mol. The van der Waals surface area contributed by atoms with Gasteiger partial charge in [-0.3, -0.25) is 4.79 Å². The maximum atomic E-state index is 11.4. The Morgan fingerprint density at radius 1 is 1.62 bits per heavy atom. The van der Waals surface area contributed by atoms with Crippen LogP contribution >= 0.6 is 0 Å². The van der Waals surface area contributed by atoms with E-state index in [-0.39, 0.29) is 5.78 Å². The van der Waals surface area contributed by atoms with Crippen molar-refractivity contribution in [2.24, 2.45) is 5.92 Å². The zero-order valence-electron chi connectivity index (χ0n) is 8.32. The summed E-state index contributed by atoms with van der Waals surface area (Å²) in [5.41, 5.74) is 0.621. The molecule has 0 aromatic carbocycles. The van der Waals surface area contributed by atoms with Crippen LogP contribution in [0.2, 0.25) is 0 Å². The van der Waals surface area contributed by atoms with Gasteiger partial charge in [-0.1, -0.05) is 26.0 Å². The second kappa shape index (κ2) is 4.16. The molecule has 0 fully saturated rings. The number of rotatable bonds is 4. The smallest absolute Gasteiger partial charge is 0.182 e. The molecule has 1 rings (SSSR count). The van der Waals surface area contributed by atoms with Crippen molar-refractivity contribution in [1.29, 1.82) is 0 Å². The highest BCUT2D eigenvalue weighted by Gasteiger charge is 2.11. The maximum Gasteiger partial charge on any atom is 0.182 e. The Labute approximate surface area is 77.9 Å². The Hall–Kier alpha value is -1.19. The van der Waals surface area contributed by atoms with Crippen molar-refractivity contribution in [3.05, 3.63) is 11.9 Å². The first-order valence-electron chi connectivity index (χ1n) is 4.56. The summed E-state index contributed by atoms with van der Waals surface area (Å²) in [5.74, 6) is 0.579. The van der Waals surface area contributed by atoms with E-state index in [0.29, 0.717) is 18.0 Å². The summed E-state index contributed by atoms with van der Waals surface area (Å²) < 4.78 is 1.68. The van der Waals surface area contributed by atoms with Gasteiger partial charge < -0.3 is 0 Å². The van der Waals surface area contributed by atoms with Crippen molar-refractivity contribution in [1.82, 2.24) is 15.0 Å². The lowest BCUT2D eigenvalue weighted by Crippen LogP contribution is -2.13. The van der Waals surface area contributed by atoms with Crippen LogP contribution in [0.3, 0.4) is 0 Å². The number of nitrogens with zero attached hydrogens (tertiary/aromatic N) is 3. The average Bonchev–Trinajstić information content (AvgIpc) is 2.50. The Bertz CT molecular complexity index is 291. The van der Waals surface area contributed by atoms with Gasteiger partial charge in [-0.25, -0.2) is 4.68 Å². The van der Waals surface area contributed by atoms with Crippen molar-refractivity contribution >= 4 is 5.78 Å². The van der Waals surface area contributed by atoms with Crippen LogP contribution in [-0.2, 0) is 6.54 Å². The van der Waals surface area contributed by atoms with Crippen LogP contribution in [0.4, 0.5) is 0 Å². The number of Topliss-reactive ketones (excluding diaryl/α,β-unsaturated/α-hetero) is 1. The van der Waals surface area contributed by atoms with Crippen LogP contribution in [-0.4, -0.2) is 20.8 Å². The molecule has 13 heavy (non-hydrogen) atoms. The lowest BCUT2D eigenvalue weighted by Gasteiger charge is -2.06. The number of carbonyl (C=O) groups excluding carboxylic acids is 1. The van der Waals surface area contributed by atoms with Gasteiger partial charge in [-0.05, 0) is 5.92 Å². The molecule has 0 aliphatic heterocycles. The third-order valence-corrected chi connectivity index (χ3v) is 1.76. The van der Waals surface area contributed by atoms with Crippen LogP contribution in [0.25, 0.3) is 0 Å². The Morgan fingerprint density at radius 2 is 2.31 bits per heavy atom. The van der Waals surface area contributed by atoms with Crippen molar-refractivity contribution in [3.63, 3.8) is 0 Å². The molecule has 4 heteroatoms. The summed E-state index contributed by atoms with van der Waals surface area (Å²) in [5, 5.41) is 7.61. The molecular formula is C9H15N3O. The molecule has 0 saturated heterocycles. The van der Waals surface area contributed by atoms with Crippen LogP contribution in [0.1, 0.15) is 37.7 Å². The quantitative estimate of drug-likeness (QED) is 0.662. The fraction of sp³-hybridized carbons (Fsp3) is 0.667. The van der Waals surface area contributed by atoms with E-state index >= 15 is 0 Å². The van der Waals surface area contributed by atoms with E-state index in [9.17, 15) is 4.79 Å². The highest BCUT2D eigenvalue weighted by molar-refractivity contribution is 5.93. The van der Waals surface area contributed by atoms with E-state index in [0.717, 1.165) is 6.54 Å². The zero-order chi connectivity index (χ0) is 9.84. The molecule has 72 valence electrons. The predicted octanol–water partition coefficient (Wildman–Crippen LogP) is 1.53. The number of aromatic nitrogens is 3. The average molecular weight is 181 g/mol. The number of ketones is 1. The van der Waals surface area contributed by atoms with E-state index in [1.165, 1.54) is 6.20 Å². The van der Waals surface area contributed by atoms with E-state index in [4.69, 9.17) is 0 Å². The predicted molar refractivity (Wildman–Crippen MR) is 49.5 cm³/mol. The SMILES string of the molecule is CCC(=O)c1cnnn1CC(C)C. The molecule has 0 atom stereocenters. The van der Waals surface area contributed by atoms with Gasteiger partial charge in [0, 0.05) is 13.0 Å². The molecule has 0 aliphatic carbocycles. The van der Waals surface area contributed by atoms with Gasteiger partial charge >= 0.3 is 0 Å². The first-order valence-corrected chi connectivity index (χ1v) is 4.56. The topological polar surface area (TPSA) is 47.8 Å². The van der Waals surface area contributed by atoms with E-state index in [2.05, 4.69) is 24.2 Å². The number of hydrogen-bond acceptors (Lipinski definition) is 3. The van der Waals surface area contributed by atoms with Gasteiger partial charge in [0.2, 0.25) is 0 Å². The summed E-state index contributed by atoms with van der Waals surface area (Å²) in [7, 11) is 0. The Kier molecular flexibility index (Phi) is 3.17. The van der Waals surface area contributed by atoms with Crippen LogP contribution in [0, 0.1) is 5.92 Å². The number of hydrogen-bond donors (Lipinski definition) is 0. The molecule has 0 bridgehead atoms. The molecule has 0 amide bonds.